The number of carbonyl (C=O) groups is 2. The van der Waals surface area contributed by atoms with Gasteiger partial charge in [-0.3, -0.25) is 9.59 Å². The summed E-state index contributed by atoms with van der Waals surface area (Å²) < 4.78 is 0. The normalized spacial score (nSPS) is 21.8. The van der Waals surface area contributed by atoms with Crippen molar-refractivity contribution in [2.24, 2.45) is 5.73 Å². The van der Waals surface area contributed by atoms with Crippen LogP contribution in [0.4, 0.5) is 0 Å². The smallest absolute Gasteiger partial charge is 0.228 e. The van der Waals surface area contributed by atoms with Crippen LogP contribution < -0.4 is 11.1 Å². The van der Waals surface area contributed by atoms with Crippen LogP contribution in [0.2, 0.25) is 0 Å². The molecule has 0 bridgehead atoms. The average molecular weight is 277 g/mol. The summed E-state index contributed by atoms with van der Waals surface area (Å²) in [6.45, 7) is 0.681. The number of hydrogen-bond acceptors (Lipinski definition) is 4. The van der Waals surface area contributed by atoms with E-state index < -0.39 is 12.3 Å². The summed E-state index contributed by atoms with van der Waals surface area (Å²) in [5.41, 5.74) is 7.42. The lowest BCUT2D eigenvalue weighted by molar-refractivity contribution is -0.132. The van der Waals surface area contributed by atoms with Crippen molar-refractivity contribution in [3.63, 3.8) is 0 Å². The minimum atomic E-state index is -0.591. The summed E-state index contributed by atoms with van der Waals surface area (Å²) in [5.74, 6) is -0.116. The van der Waals surface area contributed by atoms with E-state index in [-0.39, 0.29) is 18.9 Å². The van der Waals surface area contributed by atoms with E-state index in [1.54, 1.807) is 0 Å². The van der Waals surface area contributed by atoms with Crippen molar-refractivity contribution < 1.29 is 14.7 Å². The quantitative estimate of drug-likeness (QED) is 0.623. The minimum Gasteiger partial charge on any atom is -0.391 e. The van der Waals surface area contributed by atoms with E-state index in [4.69, 9.17) is 5.73 Å². The van der Waals surface area contributed by atoms with Gasteiger partial charge in [0.1, 0.15) is 6.17 Å². The predicted molar refractivity (Wildman–Crippen MR) is 73.4 cm³/mol. The lowest BCUT2D eigenvalue weighted by Gasteiger charge is -2.23. The number of aliphatic hydroxyl groups is 1. The SMILES string of the molecule is NCc1cccc(CC(=O)N2CC(O)CC2NC=O)c1. The molecule has 1 fully saturated rings. The Kier molecular flexibility index (Phi) is 4.70. The number of β-amino-alcohol motifs (C(OH)–C–C–N with tert-alkyl or cyclic N) is 1. The van der Waals surface area contributed by atoms with Crippen molar-refractivity contribution in [1.82, 2.24) is 10.2 Å². The average Bonchev–Trinajstić information content (AvgIpc) is 2.80. The number of amides is 2. The Hall–Kier alpha value is -1.92. The second-order valence-electron chi connectivity index (χ2n) is 4.94. The van der Waals surface area contributed by atoms with Crippen LogP contribution in [0.3, 0.4) is 0 Å². The number of nitrogens with zero attached hydrogens (tertiary/aromatic N) is 1. The van der Waals surface area contributed by atoms with Crippen LogP contribution in [0.25, 0.3) is 0 Å². The van der Waals surface area contributed by atoms with Gasteiger partial charge in [-0.1, -0.05) is 24.3 Å². The van der Waals surface area contributed by atoms with Crippen LogP contribution in [0.15, 0.2) is 24.3 Å². The van der Waals surface area contributed by atoms with E-state index in [1.165, 1.54) is 4.90 Å². The zero-order valence-electron chi connectivity index (χ0n) is 11.2. The van der Waals surface area contributed by atoms with Crippen LogP contribution >= 0.6 is 0 Å². The lowest BCUT2D eigenvalue weighted by atomic mass is 10.1. The predicted octanol–water partition coefficient (Wildman–Crippen LogP) is -0.647. The fourth-order valence-corrected chi connectivity index (χ4v) is 2.47. The molecule has 2 rings (SSSR count). The topological polar surface area (TPSA) is 95.7 Å². The molecule has 2 amide bonds. The van der Waals surface area contributed by atoms with Crippen molar-refractivity contribution >= 4 is 12.3 Å². The van der Waals surface area contributed by atoms with Crippen LogP contribution in [-0.2, 0) is 22.6 Å². The Morgan fingerprint density at radius 1 is 1.50 bits per heavy atom. The molecule has 0 spiro atoms. The van der Waals surface area contributed by atoms with Crippen molar-refractivity contribution in [2.45, 2.75) is 31.7 Å². The fourth-order valence-electron chi connectivity index (χ4n) is 2.47. The molecule has 1 aromatic rings. The first-order chi connectivity index (χ1) is 9.63. The van der Waals surface area contributed by atoms with Gasteiger partial charge in [-0.15, -0.1) is 0 Å². The summed E-state index contributed by atoms with van der Waals surface area (Å²) in [4.78, 5) is 24.3. The molecule has 6 nitrogen and oxygen atoms in total. The molecule has 20 heavy (non-hydrogen) atoms. The molecule has 1 aromatic carbocycles. The summed E-state index contributed by atoms with van der Waals surface area (Å²) in [6, 6.07) is 7.54. The highest BCUT2D eigenvalue weighted by atomic mass is 16.3. The monoisotopic (exact) mass is 277 g/mol. The number of benzene rings is 1. The van der Waals surface area contributed by atoms with Gasteiger partial charge in [-0.2, -0.15) is 0 Å². The maximum Gasteiger partial charge on any atom is 0.228 e. The first-order valence-corrected chi connectivity index (χ1v) is 6.59. The van der Waals surface area contributed by atoms with Crippen molar-refractivity contribution in [1.29, 1.82) is 0 Å². The minimum absolute atomic E-state index is 0.116. The number of nitrogens with one attached hydrogen (secondary N) is 1. The first-order valence-electron chi connectivity index (χ1n) is 6.59. The van der Waals surface area contributed by atoms with E-state index in [1.807, 2.05) is 24.3 Å². The molecule has 2 unspecified atom stereocenters. The van der Waals surface area contributed by atoms with Crippen LogP contribution in [0.5, 0.6) is 0 Å². The van der Waals surface area contributed by atoms with Gasteiger partial charge in [0.05, 0.1) is 12.5 Å². The zero-order valence-corrected chi connectivity index (χ0v) is 11.2. The van der Waals surface area contributed by atoms with Gasteiger partial charge < -0.3 is 21.1 Å². The summed E-state index contributed by atoms with van der Waals surface area (Å²) in [5, 5.41) is 12.2. The van der Waals surface area contributed by atoms with E-state index in [2.05, 4.69) is 5.32 Å². The van der Waals surface area contributed by atoms with Crippen molar-refractivity contribution in [3.05, 3.63) is 35.4 Å². The maximum absolute atomic E-state index is 12.3. The lowest BCUT2D eigenvalue weighted by Crippen LogP contribution is -2.44. The number of likely N-dealkylation sites (tertiary alicyclic amines) is 1. The van der Waals surface area contributed by atoms with Crippen LogP contribution in [0.1, 0.15) is 17.5 Å². The number of carbonyl (C=O) groups excluding carboxylic acids is 2. The van der Waals surface area contributed by atoms with Crippen molar-refractivity contribution in [3.8, 4) is 0 Å². The number of aliphatic hydroxyl groups excluding tert-OH is 1. The van der Waals surface area contributed by atoms with Gasteiger partial charge in [-0.05, 0) is 11.1 Å². The first kappa shape index (κ1) is 14.5. The molecule has 1 heterocycles. The van der Waals surface area contributed by atoms with Crippen LogP contribution in [0, 0.1) is 0 Å². The summed E-state index contributed by atoms with van der Waals surface area (Å²) >= 11 is 0. The van der Waals surface area contributed by atoms with Gasteiger partial charge in [-0.25, -0.2) is 0 Å². The highest BCUT2D eigenvalue weighted by molar-refractivity contribution is 5.79. The highest BCUT2D eigenvalue weighted by Gasteiger charge is 2.33. The van der Waals surface area contributed by atoms with Gasteiger partial charge in [0.2, 0.25) is 12.3 Å². The van der Waals surface area contributed by atoms with E-state index in [9.17, 15) is 14.7 Å². The Bertz CT molecular complexity index is 492. The maximum atomic E-state index is 12.3. The van der Waals surface area contributed by atoms with E-state index in [0.717, 1.165) is 11.1 Å². The second-order valence-corrected chi connectivity index (χ2v) is 4.94. The Balaban J connectivity index is 2.04. The molecule has 4 N–H and O–H groups in total. The number of hydrogen-bond donors (Lipinski definition) is 3. The fraction of sp³-hybridized carbons (Fsp3) is 0.429. The number of nitrogens with two attached hydrogens (primary N) is 1. The zero-order chi connectivity index (χ0) is 14.5. The van der Waals surface area contributed by atoms with Crippen LogP contribution in [-0.4, -0.2) is 41.1 Å². The van der Waals surface area contributed by atoms with Gasteiger partial charge in [0.15, 0.2) is 0 Å². The number of rotatable bonds is 5. The molecule has 6 heteroatoms. The highest BCUT2D eigenvalue weighted by Crippen LogP contribution is 2.17. The Morgan fingerprint density at radius 3 is 2.95 bits per heavy atom. The Labute approximate surface area is 117 Å². The summed E-state index contributed by atoms with van der Waals surface area (Å²) in [7, 11) is 0. The largest absolute Gasteiger partial charge is 0.391 e. The third-order valence-corrected chi connectivity index (χ3v) is 3.44. The molecule has 0 saturated carbocycles. The summed E-state index contributed by atoms with van der Waals surface area (Å²) in [6.07, 6.45) is 0.141. The molecule has 2 atom stereocenters. The molecule has 1 saturated heterocycles. The molecular formula is C14H19N3O3. The molecule has 0 aliphatic carbocycles. The third kappa shape index (κ3) is 3.34. The van der Waals surface area contributed by atoms with Gasteiger partial charge in [0, 0.05) is 19.5 Å². The van der Waals surface area contributed by atoms with Gasteiger partial charge >= 0.3 is 0 Å². The van der Waals surface area contributed by atoms with Gasteiger partial charge in [0.25, 0.3) is 0 Å². The van der Waals surface area contributed by atoms with Crippen molar-refractivity contribution in [2.75, 3.05) is 6.54 Å². The van der Waals surface area contributed by atoms with E-state index >= 15 is 0 Å². The molecule has 1 aliphatic heterocycles. The molecule has 0 radical (unpaired) electrons. The second kappa shape index (κ2) is 6.49. The third-order valence-electron chi connectivity index (χ3n) is 3.44. The molecular weight excluding hydrogens is 258 g/mol. The molecule has 108 valence electrons. The molecule has 1 aliphatic rings. The van der Waals surface area contributed by atoms with E-state index in [0.29, 0.717) is 19.4 Å². The molecule has 0 aromatic heterocycles. The Morgan fingerprint density at radius 2 is 2.25 bits per heavy atom. The standard InChI is InChI=1S/C14H19N3O3/c15-7-11-3-1-2-10(4-11)5-14(20)17-8-12(19)6-13(17)16-9-18/h1-4,9,12-13,19H,5-8,15H2,(H,16,18).